The second kappa shape index (κ2) is 8.07. The molecule has 0 radical (unpaired) electrons. The molecule has 1 heterocycles. The summed E-state index contributed by atoms with van der Waals surface area (Å²) in [6.07, 6.45) is -0.376. The van der Waals surface area contributed by atoms with E-state index in [0.29, 0.717) is 5.69 Å². The highest BCUT2D eigenvalue weighted by molar-refractivity contribution is 6.08. The molecule has 0 fully saturated rings. The van der Waals surface area contributed by atoms with Gasteiger partial charge in [0.2, 0.25) is 0 Å². The molecule has 0 aliphatic heterocycles. The molecule has 0 aliphatic rings. The third-order valence-corrected chi connectivity index (χ3v) is 4.48. The van der Waals surface area contributed by atoms with Gasteiger partial charge < -0.3 is 9.84 Å². The Hall–Kier alpha value is -3.09. The smallest absolute Gasteiger partial charge is 0.340 e. The number of carbonyl (C=O) groups excluding carboxylic acids is 1. The normalized spacial score (nSPS) is 11.9. The van der Waals surface area contributed by atoms with Crippen LogP contribution in [0.25, 0.3) is 11.1 Å². The number of pyridine rings is 1. The van der Waals surface area contributed by atoms with Gasteiger partial charge in [-0.1, -0.05) is 32.0 Å². The fourth-order valence-corrected chi connectivity index (χ4v) is 2.76. The van der Waals surface area contributed by atoms with Crippen LogP contribution in [0.2, 0.25) is 0 Å². The largest absolute Gasteiger partial charge is 0.478 e. The Morgan fingerprint density at radius 3 is 2.22 bits per heavy atom. The maximum Gasteiger partial charge on any atom is 0.340 e. The van der Waals surface area contributed by atoms with E-state index in [0.717, 1.165) is 0 Å². The maximum absolute atomic E-state index is 12.9. The molecule has 0 bridgehead atoms. The van der Waals surface area contributed by atoms with E-state index >= 15 is 0 Å². The molecule has 7 heteroatoms. The first-order valence-corrected chi connectivity index (χ1v) is 8.57. The molecule has 2 aromatic rings. The lowest BCUT2D eigenvalue weighted by Gasteiger charge is -2.21. The first kappa shape index (κ1) is 20.2. The Bertz CT molecular complexity index is 905. The van der Waals surface area contributed by atoms with Crippen LogP contribution in [0.3, 0.4) is 0 Å². The van der Waals surface area contributed by atoms with Gasteiger partial charge in [0.1, 0.15) is 11.8 Å². The van der Waals surface area contributed by atoms with E-state index in [1.54, 1.807) is 39.0 Å². The highest BCUT2D eigenvalue weighted by atomic mass is 16.5. The van der Waals surface area contributed by atoms with Gasteiger partial charge in [-0.15, -0.1) is 4.91 Å². The maximum atomic E-state index is 12.9. The molecule has 1 aromatic carbocycles. The Balaban J connectivity index is 2.84. The summed E-state index contributed by atoms with van der Waals surface area (Å²) in [5.41, 5.74) is 0.836. The van der Waals surface area contributed by atoms with E-state index in [4.69, 9.17) is 4.74 Å². The molecule has 1 aromatic heterocycles. The van der Waals surface area contributed by atoms with Crippen molar-refractivity contribution in [1.82, 2.24) is 4.98 Å². The van der Waals surface area contributed by atoms with E-state index in [1.165, 1.54) is 6.07 Å². The molecule has 1 N–H and O–H groups in total. The van der Waals surface area contributed by atoms with Crippen molar-refractivity contribution < 1.29 is 19.4 Å². The number of aromatic carboxylic acids is 1. The minimum Gasteiger partial charge on any atom is -0.478 e. The van der Waals surface area contributed by atoms with Crippen LogP contribution >= 0.6 is 0 Å². The molecule has 7 nitrogen and oxygen atoms in total. The number of carboxylic acids is 1. The van der Waals surface area contributed by atoms with Crippen molar-refractivity contribution >= 4 is 17.6 Å². The lowest BCUT2D eigenvalue weighted by atomic mass is 9.91. The molecule has 1 atom stereocenters. The predicted molar refractivity (Wildman–Crippen MR) is 101 cm³/mol. The number of carboxylic acid groups (broad SMARTS) is 1. The van der Waals surface area contributed by atoms with Gasteiger partial charge in [-0.3, -0.25) is 4.98 Å². The highest BCUT2D eigenvalue weighted by Gasteiger charge is 2.29. The standard InChI is InChI=1S/C20H22N2O5/c1-10(2)13(5)27-20(25)17-12(4)21-11(3)16(19(23)24)18(17)14-8-6-7-9-15(14)22-26/h6-10,13H,1-5H3,(H,23,24). The zero-order valence-electron chi connectivity index (χ0n) is 15.9. The Morgan fingerprint density at radius 2 is 1.67 bits per heavy atom. The van der Waals surface area contributed by atoms with Crippen molar-refractivity contribution in [2.75, 3.05) is 0 Å². The number of rotatable bonds is 6. The van der Waals surface area contributed by atoms with Crippen molar-refractivity contribution in [3.05, 3.63) is 51.7 Å². The quantitative estimate of drug-likeness (QED) is 0.585. The summed E-state index contributed by atoms with van der Waals surface area (Å²) in [6, 6.07) is 6.28. The number of nitroso groups, excluding NO2 is 1. The average molecular weight is 370 g/mol. The third-order valence-electron chi connectivity index (χ3n) is 4.48. The van der Waals surface area contributed by atoms with Gasteiger partial charge in [-0.2, -0.15) is 0 Å². The third kappa shape index (κ3) is 4.02. The SMILES string of the molecule is Cc1nc(C)c(C(=O)OC(C)C(C)C)c(-c2ccccc2N=O)c1C(=O)O. The van der Waals surface area contributed by atoms with Crippen LogP contribution in [-0.4, -0.2) is 28.1 Å². The molecule has 0 spiro atoms. The number of carbonyl (C=O) groups is 2. The first-order chi connectivity index (χ1) is 12.7. The van der Waals surface area contributed by atoms with E-state index in [-0.39, 0.29) is 45.7 Å². The number of esters is 1. The second-order valence-corrected chi connectivity index (χ2v) is 6.68. The van der Waals surface area contributed by atoms with Gasteiger partial charge >= 0.3 is 11.9 Å². The van der Waals surface area contributed by atoms with Crippen LogP contribution in [0.1, 0.15) is 52.9 Å². The van der Waals surface area contributed by atoms with E-state index in [1.807, 2.05) is 13.8 Å². The first-order valence-electron chi connectivity index (χ1n) is 8.57. The lowest BCUT2D eigenvalue weighted by molar-refractivity contribution is 0.0237. The molecule has 2 rings (SSSR count). The van der Waals surface area contributed by atoms with Gasteiger partial charge in [0.15, 0.2) is 0 Å². The van der Waals surface area contributed by atoms with E-state index < -0.39 is 11.9 Å². The molecule has 0 aliphatic carbocycles. The molecule has 0 saturated carbocycles. The van der Waals surface area contributed by atoms with Crippen molar-refractivity contribution in [2.45, 2.75) is 40.7 Å². The number of hydrogen-bond donors (Lipinski definition) is 1. The molecule has 1 unspecified atom stereocenters. The summed E-state index contributed by atoms with van der Waals surface area (Å²) in [4.78, 5) is 40.3. The highest BCUT2D eigenvalue weighted by Crippen LogP contribution is 2.37. The van der Waals surface area contributed by atoms with Crippen molar-refractivity contribution in [3.8, 4) is 11.1 Å². The summed E-state index contributed by atoms with van der Waals surface area (Å²) in [6.45, 7) is 8.73. The van der Waals surface area contributed by atoms with Gasteiger partial charge in [-0.25, -0.2) is 9.59 Å². The Kier molecular flexibility index (Phi) is 6.05. The van der Waals surface area contributed by atoms with Crippen molar-refractivity contribution in [1.29, 1.82) is 0 Å². The fourth-order valence-electron chi connectivity index (χ4n) is 2.76. The van der Waals surface area contributed by atoms with Crippen LogP contribution in [-0.2, 0) is 4.74 Å². The monoisotopic (exact) mass is 370 g/mol. The summed E-state index contributed by atoms with van der Waals surface area (Å²) in [5, 5.41) is 12.7. The van der Waals surface area contributed by atoms with Crippen molar-refractivity contribution in [3.63, 3.8) is 0 Å². The lowest BCUT2D eigenvalue weighted by Crippen LogP contribution is -2.23. The summed E-state index contributed by atoms with van der Waals surface area (Å²) in [7, 11) is 0. The van der Waals surface area contributed by atoms with E-state index in [9.17, 15) is 19.6 Å². The second-order valence-electron chi connectivity index (χ2n) is 6.68. The summed E-state index contributed by atoms with van der Waals surface area (Å²) >= 11 is 0. The topological polar surface area (TPSA) is 106 Å². The van der Waals surface area contributed by atoms with Gasteiger partial charge in [0.05, 0.1) is 22.5 Å². The molecule has 0 saturated heterocycles. The fraction of sp³-hybridized carbons (Fsp3) is 0.350. The van der Waals surface area contributed by atoms with Gasteiger partial charge in [0.25, 0.3) is 0 Å². The number of nitrogens with zero attached hydrogens (tertiary/aromatic N) is 2. The molecule has 0 amide bonds. The molecule has 27 heavy (non-hydrogen) atoms. The molecule has 142 valence electrons. The van der Waals surface area contributed by atoms with Crippen molar-refractivity contribution in [2.24, 2.45) is 11.1 Å². The van der Waals surface area contributed by atoms with E-state index in [2.05, 4.69) is 10.2 Å². The number of ether oxygens (including phenoxy) is 1. The van der Waals surface area contributed by atoms with Crippen LogP contribution in [0.5, 0.6) is 0 Å². The Morgan fingerprint density at radius 1 is 1.07 bits per heavy atom. The summed E-state index contributed by atoms with van der Waals surface area (Å²) in [5.74, 6) is -1.85. The predicted octanol–water partition coefficient (Wildman–Crippen LogP) is 4.66. The van der Waals surface area contributed by atoms with Crippen LogP contribution in [0.4, 0.5) is 5.69 Å². The van der Waals surface area contributed by atoms with Crippen LogP contribution < -0.4 is 0 Å². The number of aromatic nitrogens is 1. The minimum atomic E-state index is -1.25. The Labute approximate surface area is 157 Å². The molecular weight excluding hydrogens is 348 g/mol. The summed E-state index contributed by atoms with van der Waals surface area (Å²) < 4.78 is 5.51. The molecular formula is C20H22N2O5. The number of benzene rings is 1. The van der Waals surface area contributed by atoms with Gasteiger partial charge in [0, 0.05) is 11.1 Å². The zero-order chi connectivity index (χ0) is 20.3. The average Bonchev–Trinajstić information content (AvgIpc) is 2.60. The zero-order valence-corrected chi connectivity index (χ0v) is 15.9. The van der Waals surface area contributed by atoms with Crippen LogP contribution in [0, 0.1) is 24.7 Å². The number of aryl methyl sites for hydroxylation is 2. The van der Waals surface area contributed by atoms with Gasteiger partial charge in [-0.05, 0) is 37.9 Å². The van der Waals surface area contributed by atoms with Crippen LogP contribution in [0.15, 0.2) is 29.4 Å². The minimum absolute atomic E-state index is 0.0293. The number of hydrogen-bond acceptors (Lipinski definition) is 6.